The molecule has 0 N–H and O–H groups in total. The number of oxazole rings is 2. The van der Waals surface area contributed by atoms with Crippen LogP contribution in [0.5, 0.6) is 0 Å². The van der Waals surface area contributed by atoms with Crippen molar-refractivity contribution in [2.24, 2.45) is 0 Å². The zero-order chi connectivity index (χ0) is 7.07. The van der Waals surface area contributed by atoms with Crippen LogP contribution in [0.15, 0.2) is 46.5 Å². The van der Waals surface area contributed by atoms with Crippen molar-refractivity contribution in [2.45, 2.75) is 0 Å². The van der Waals surface area contributed by atoms with Crippen LogP contribution in [-0.2, 0) is 17.1 Å². The van der Waals surface area contributed by atoms with Crippen molar-refractivity contribution in [2.75, 3.05) is 0 Å². The molecule has 2 aromatic heterocycles. The number of rotatable bonds is 0. The zero-order valence-corrected chi connectivity index (χ0v) is 6.42. The van der Waals surface area contributed by atoms with Crippen molar-refractivity contribution in [3.8, 4) is 0 Å². The number of aromatic nitrogens is 2. The van der Waals surface area contributed by atoms with E-state index in [4.69, 9.17) is 0 Å². The van der Waals surface area contributed by atoms with E-state index < -0.39 is 0 Å². The number of hydrogen-bond donors (Lipinski definition) is 0. The molecule has 0 aliphatic rings. The van der Waals surface area contributed by atoms with E-state index in [1.165, 1.54) is 25.3 Å². The second-order valence-corrected chi connectivity index (χ2v) is 1.35. The summed E-state index contributed by atoms with van der Waals surface area (Å²) in [5.41, 5.74) is 0. The summed E-state index contributed by atoms with van der Waals surface area (Å²) in [5.74, 6) is 0. The molecule has 5 heteroatoms. The predicted molar refractivity (Wildman–Crippen MR) is 33.0 cm³/mol. The largest absolute Gasteiger partial charge is 0.452 e. The SMILES string of the molecule is [Cu].c1cocn1.c1cocn1. The summed E-state index contributed by atoms with van der Waals surface area (Å²) >= 11 is 0. The topological polar surface area (TPSA) is 52.1 Å². The fourth-order valence-electron chi connectivity index (χ4n) is 0.351. The molecule has 0 aromatic carbocycles. The van der Waals surface area contributed by atoms with Gasteiger partial charge in [0.15, 0.2) is 12.8 Å². The summed E-state index contributed by atoms with van der Waals surface area (Å²) in [7, 11) is 0. The summed E-state index contributed by atoms with van der Waals surface area (Å²) in [4.78, 5) is 7.11. The maximum Gasteiger partial charge on any atom is 0.180 e. The summed E-state index contributed by atoms with van der Waals surface area (Å²) in [5, 5.41) is 0. The molecular weight excluding hydrogens is 196 g/mol. The van der Waals surface area contributed by atoms with Crippen LogP contribution in [0.2, 0.25) is 0 Å². The molecule has 0 saturated heterocycles. The van der Waals surface area contributed by atoms with E-state index in [0.29, 0.717) is 0 Å². The minimum Gasteiger partial charge on any atom is -0.452 e. The smallest absolute Gasteiger partial charge is 0.180 e. The average molecular weight is 202 g/mol. The molecule has 2 heterocycles. The zero-order valence-electron chi connectivity index (χ0n) is 5.48. The van der Waals surface area contributed by atoms with Gasteiger partial charge in [0.1, 0.15) is 12.5 Å². The van der Waals surface area contributed by atoms with E-state index >= 15 is 0 Å². The Morgan fingerprint density at radius 3 is 1.36 bits per heavy atom. The van der Waals surface area contributed by atoms with Crippen LogP contribution < -0.4 is 0 Å². The molecule has 0 bridgehead atoms. The van der Waals surface area contributed by atoms with Crippen LogP contribution in [0.25, 0.3) is 0 Å². The average Bonchev–Trinajstić information content (AvgIpc) is 2.67. The Bertz CT molecular complexity index is 158. The van der Waals surface area contributed by atoms with Crippen molar-refractivity contribution in [1.82, 2.24) is 9.97 Å². The van der Waals surface area contributed by atoms with Crippen molar-refractivity contribution >= 4 is 0 Å². The molecule has 0 aliphatic carbocycles. The molecule has 2 rings (SSSR count). The molecule has 0 spiro atoms. The number of hydrogen-bond acceptors (Lipinski definition) is 4. The standard InChI is InChI=1S/2C3H3NO.Cu/c2*1-2-5-3-4-1;/h2*1-3H;. The third-order valence-electron chi connectivity index (χ3n) is 0.694. The Labute approximate surface area is 74.1 Å². The van der Waals surface area contributed by atoms with Gasteiger partial charge in [0.05, 0.1) is 12.4 Å². The van der Waals surface area contributed by atoms with Crippen LogP contribution in [-0.4, -0.2) is 9.97 Å². The van der Waals surface area contributed by atoms with E-state index in [9.17, 15) is 0 Å². The van der Waals surface area contributed by atoms with Gasteiger partial charge in [-0.15, -0.1) is 0 Å². The Balaban J connectivity index is 0.000000167. The Hall–Kier alpha value is -1.06. The van der Waals surface area contributed by atoms with Gasteiger partial charge in [-0.05, 0) is 0 Å². The van der Waals surface area contributed by atoms with E-state index in [0.717, 1.165) is 0 Å². The summed E-state index contributed by atoms with van der Waals surface area (Å²) in [6, 6.07) is 0. The van der Waals surface area contributed by atoms with Crippen molar-refractivity contribution < 1.29 is 25.9 Å². The fourth-order valence-corrected chi connectivity index (χ4v) is 0.351. The first kappa shape index (κ1) is 9.94. The van der Waals surface area contributed by atoms with Crippen LogP contribution >= 0.6 is 0 Å². The van der Waals surface area contributed by atoms with Gasteiger partial charge < -0.3 is 8.83 Å². The van der Waals surface area contributed by atoms with Crippen molar-refractivity contribution in [3.63, 3.8) is 0 Å². The van der Waals surface area contributed by atoms with Gasteiger partial charge >= 0.3 is 0 Å². The van der Waals surface area contributed by atoms with E-state index in [-0.39, 0.29) is 17.1 Å². The molecule has 0 atom stereocenters. The molecule has 0 unspecified atom stereocenters. The first-order chi connectivity index (χ1) is 5.00. The van der Waals surface area contributed by atoms with Crippen molar-refractivity contribution in [1.29, 1.82) is 0 Å². The number of nitrogens with zero attached hydrogens (tertiary/aromatic N) is 2. The Morgan fingerprint density at radius 1 is 0.818 bits per heavy atom. The molecular formula is C6H6CuN2O2. The molecule has 0 aliphatic heterocycles. The Kier molecular flexibility index (Phi) is 6.37. The predicted octanol–water partition coefficient (Wildman–Crippen LogP) is 1.35. The van der Waals surface area contributed by atoms with E-state index in [1.807, 2.05) is 0 Å². The molecule has 11 heavy (non-hydrogen) atoms. The monoisotopic (exact) mass is 201 g/mol. The molecule has 4 nitrogen and oxygen atoms in total. The quantitative estimate of drug-likeness (QED) is 0.604. The van der Waals surface area contributed by atoms with Crippen LogP contribution in [0, 0.1) is 0 Å². The second-order valence-electron chi connectivity index (χ2n) is 1.35. The minimum atomic E-state index is 0. The summed E-state index contributed by atoms with van der Waals surface area (Å²) in [6.45, 7) is 0. The Morgan fingerprint density at radius 2 is 1.27 bits per heavy atom. The molecule has 0 fully saturated rings. The summed E-state index contributed by atoms with van der Waals surface area (Å²) in [6.07, 6.45) is 8.94. The van der Waals surface area contributed by atoms with Gasteiger partial charge in [-0.2, -0.15) is 0 Å². The first-order valence-corrected chi connectivity index (χ1v) is 2.64. The van der Waals surface area contributed by atoms with Gasteiger partial charge in [-0.3, -0.25) is 0 Å². The second kappa shape index (κ2) is 7.05. The fraction of sp³-hybridized carbons (Fsp3) is 0. The van der Waals surface area contributed by atoms with Gasteiger partial charge in [0.25, 0.3) is 0 Å². The van der Waals surface area contributed by atoms with Gasteiger partial charge in [0.2, 0.25) is 0 Å². The van der Waals surface area contributed by atoms with Crippen LogP contribution in [0.3, 0.4) is 0 Å². The maximum atomic E-state index is 4.47. The molecule has 2 aromatic rings. The van der Waals surface area contributed by atoms with E-state index in [2.05, 4.69) is 18.8 Å². The third kappa shape index (κ3) is 5.39. The normalized spacial score (nSPS) is 7.27. The maximum absolute atomic E-state index is 4.47. The molecule has 0 saturated carbocycles. The summed E-state index contributed by atoms with van der Waals surface area (Å²) < 4.78 is 8.94. The molecule has 63 valence electrons. The van der Waals surface area contributed by atoms with E-state index in [1.54, 1.807) is 12.4 Å². The van der Waals surface area contributed by atoms with Gasteiger partial charge in [-0.1, -0.05) is 0 Å². The molecule has 0 amide bonds. The van der Waals surface area contributed by atoms with Crippen molar-refractivity contribution in [3.05, 3.63) is 37.7 Å². The van der Waals surface area contributed by atoms with Gasteiger partial charge in [-0.25, -0.2) is 9.97 Å². The minimum absolute atomic E-state index is 0. The third-order valence-corrected chi connectivity index (χ3v) is 0.694. The van der Waals surface area contributed by atoms with Gasteiger partial charge in [0, 0.05) is 17.1 Å². The van der Waals surface area contributed by atoms with Crippen LogP contribution in [0.1, 0.15) is 0 Å². The first-order valence-electron chi connectivity index (χ1n) is 2.64. The molecule has 1 radical (unpaired) electrons. The van der Waals surface area contributed by atoms with Crippen LogP contribution in [0.4, 0.5) is 0 Å².